The maximum absolute atomic E-state index is 4.62. The van der Waals surface area contributed by atoms with Gasteiger partial charge in [0.1, 0.15) is 0 Å². The molecule has 0 bridgehead atoms. The standard InChI is InChI=1S/C17H20.2C15H18.C14H16.C13H17N.C12H15NS.C11H16.C10H14.CH4/c1-17(2,3)13-14-9-11-16(12-10-14)15-7-5-4-6-8-15;1-15(2,3)11-13-9-6-8-12-7-4-5-10-14(12)13;1-15(2,3)11-12-8-9-13-6-4-5-7-14(13)10-12;1-14(2,3)13-9-8-11-6-4-5-7-12(11)10-13;1-13(2,3)8-10-9-14-12-7-5-4-6-11(10)12;1-12(2,3)8-11-13-9-6-4-5-7-10(9)14-11;1-11(2,3)9-10-7-5-4-6-8-10;1-10(2,3)9-7-5-4-6-8-9;/h4-12H,13H2,1-3H3;2*4-10H,11H2,1-3H3;4-10H,1-3H3;4-7,9,14H,8H2,1-3H3;4-7H,8H2,1-3H3;4-8H,9H2,1-3H3;4-8H,1-3H3;1H4. The number of para-hydroxylation sites is 2. The number of thiazole rings is 1. The molecule has 0 aliphatic rings. The topological polar surface area (TPSA) is 28.7 Å². The lowest BCUT2D eigenvalue weighted by atomic mass is 9.86. The number of aromatic nitrogens is 2. The van der Waals surface area contributed by atoms with Crippen molar-refractivity contribution in [2.24, 2.45) is 32.5 Å². The van der Waals surface area contributed by atoms with E-state index in [0.717, 1.165) is 44.0 Å². The Morgan fingerprint density at radius 2 is 0.658 bits per heavy atom. The molecular formula is C108H138N2S. The summed E-state index contributed by atoms with van der Waals surface area (Å²) in [4.78, 5) is 7.93. The normalized spacial score (nSPS) is 11.7. The third-order valence-corrected chi connectivity index (χ3v) is 19.2. The molecule has 586 valence electrons. The Hall–Kier alpha value is -9.15. The van der Waals surface area contributed by atoms with Gasteiger partial charge in [0, 0.05) is 23.5 Å². The van der Waals surface area contributed by atoms with Gasteiger partial charge < -0.3 is 4.98 Å². The molecule has 2 nitrogen and oxygen atoms in total. The lowest BCUT2D eigenvalue weighted by molar-refractivity contribution is 0.410. The van der Waals surface area contributed by atoms with E-state index in [4.69, 9.17) is 0 Å². The largest absolute Gasteiger partial charge is 0.361 e. The van der Waals surface area contributed by atoms with E-state index in [2.05, 4.69) is 467 Å². The second-order valence-electron chi connectivity index (χ2n) is 39.2. The Morgan fingerprint density at radius 3 is 1.17 bits per heavy atom. The van der Waals surface area contributed by atoms with Gasteiger partial charge in [0.15, 0.2) is 0 Å². The first-order chi connectivity index (χ1) is 51.5. The average molecular weight is 1500 g/mol. The maximum Gasteiger partial charge on any atom is 0.0943 e. The van der Waals surface area contributed by atoms with E-state index in [1.165, 1.54) is 103 Å². The van der Waals surface area contributed by atoms with Crippen molar-refractivity contribution in [3.8, 4) is 11.1 Å². The van der Waals surface area contributed by atoms with Crippen LogP contribution < -0.4 is 0 Å². The highest BCUT2D eigenvalue weighted by molar-refractivity contribution is 7.18. The molecule has 0 amide bonds. The van der Waals surface area contributed by atoms with Gasteiger partial charge in [0.05, 0.1) is 15.2 Å². The van der Waals surface area contributed by atoms with E-state index in [0.29, 0.717) is 37.9 Å². The molecule has 0 atom stereocenters. The Balaban J connectivity index is 0.000000198. The number of hydrogen-bond acceptors (Lipinski definition) is 2. The molecule has 2 heterocycles. The fourth-order valence-electron chi connectivity index (χ4n) is 13.1. The highest BCUT2D eigenvalue weighted by Crippen LogP contribution is 2.33. The molecule has 111 heavy (non-hydrogen) atoms. The molecule has 1 N–H and O–H groups in total. The number of fused-ring (bicyclic) bond motifs is 5. The summed E-state index contributed by atoms with van der Waals surface area (Å²) in [6.07, 6.45) is 8.88. The van der Waals surface area contributed by atoms with Crippen molar-refractivity contribution in [3.05, 3.63) is 341 Å². The Morgan fingerprint density at radius 1 is 0.270 bits per heavy atom. The molecule has 0 aliphatic carbocycles. The van der Waals surface area contributed by atoms with E-state index in [-0.39, 0.29) is 12.8 Å². The van der Waals surface area contributed by atoms with Crippen LogP contribution in [0.15, 0.2) is 297 Å². The van der Waals surface area contributed by atoms with Gasteiger partial charge in [0.2, 0.25) is 0 Å². The summed E-state index contributed by atoms with van der Waals surface area (Å²) in [6.45, 7) is 54.3. The van der Waals surface area contributed by atoms with Crippen LogP contribution in [0.2, 0.25) is 0 Å². The number of nitrogens with one attached hydrogen (secondary N) is 1. The fraction of sp³-hybridized carbons (Fsp3) is 0.361. The summed E-state index contributed by atoms with van der Waals surface area (Å²) in [5.74, 6) is 0. The van der Waals surface area contributed by atoms with Gasteiger partial charge in [-0.05, 0) is 176 Å². The quantitative estimate of drug-likeness (QED) is 0.169. The summed E-state index contributed by atoms with van der Waals surface area (Å²) >= 11 is 1.81. The summed E-state index contributed by atoms with van der Waals surface area (Å²) in [6, 6.07) is 103. The van der Waals surface area contributed by atoms with Gasteiger partial charge >= 0.3 is 0 Å². The van der Waals surface area contributed by atoms with Crippen molar-refractivity contribution >= 4 is 64.8 Å². The number of rotatable bonds is 7. The highest BCUT2D eigenvalue weighted by Gasteiger charge is 2.19. The van der Waals surface area contributed by atoms with Crippen LogP contribution in [0.5, 0.6) is 0 Å². The highest BCUT2D eigenvalue weighted by atomic mass is 32.1. The number of aromatic amines is 1. The SMILES string of the molecule is C.CC(C)(C)Cc1c[nH]c2ccccc12.CC(C)(C)Cc1ccc(-c2ccccc2)cc1.CC(C)(C)Cc1ccc2ccccc2c1.CC(C)(C)Cc1cccc2ccccc12.CC(C)(C)Cc1ccccc1.CC(C)(C)Cc1nc2ccccc2s1.CC(C)(C)c1ccc2ccccc2c1.CC(C)(C)c1ccccc1. The molecular weight excluding hydrogens is 1360 g/mol. The van der Waals surface area contributed by atoms with Gasteiger partial charge in [-0.2, -0.15) is 0 Å². The van der Waals surface area contributed by atoms with Crippen LogP contribution in [-0.2, 0) is 49.4 Å². The third kappa shape index (κ3) is 33.8. The minimum absolute atomic E-state index is 0. The monoisotopic (exact) mass is 1500 g/mol. The van der Waals surface area contributed by atoms with Crippen LogP contribution >= 0.6 is 11.3 Å². The molecule has 12 aromatic carbocycles. The van der Waals surface area contributed by atoms with Crippen LogP contribution in [0, 0.1) is 32.5 Å². The lowest BCUT2D eigenvalue weighted by Crippen LogP contribution is -2.10. The molecule has 0 spiro atoms. The Labute approximate surface area is 678 Å². The number of nitrogens with zero attached hydrogens (tertiary/aromatic N) is 1. The Kier molecular flexibility index (Phi) is 33.4. The molecule has 3 heteroatoms. The third-order valence-electron chi connectivity index (χ3n) is 18.2. The smallest absolute Gasteiger partial charge is 0.0943 e. The van der Waals surface area contributed by atoms with Crippen molar-refractivity contribution in [2.75, 3.05) is 0 Å². The summed E-state index contributed by atoms with van der Waals surface area (Å²) in [5, 5.41) is 10.7. The molecule has 0 aliphatic heterocycles. The molecule has 0 unspecified atom stereocenters. The number of hydrogen-bond donors (Lipinski definition) is 1. The zero-order valence-electron chi connectivity index (χ0n) is 71.9. The maximum atomic E-state index is 4.62. The zero-order valence-corrected chi connectivity index (χ0v) is 72.7. The van der Waals surface area contributed by atoms with E-state index < -0.39 is 0 Å². The lowest BCUT2D eigenvalue weighted by Gasteiger charge is -2.19. The molecule has 0 fully saturated rings. The van der Waals surface area contributed by atoms with Crippen LogP contribution in [0.3, 0.4) is 0 Å². The van der Waals surface area contributed by atoms with Crippen molar-refractivity contribution in [1.82, 2.24) is 9.97 Å². The number of H-pyrrole nitrogens is 1. The minimum atomic E-state index is 0. The first kappa shape index (κ1) is 90.7. The zero-order chi connectivity index (χ0) is 80.6. The molecule has 0 radical (unpaired) electrons. The van der Waals surface area contributed by atoms with Gasteiger partial charge in [-0.1, -0.05) is 447 Å². The molecule has 0 saturated heterocycles. The van der Waals surface area contributed by atoms with Gasteiger partial charge in [-0.15, -0.1) is 11.3 Å². The van der Waals surface area contributed by atoms with E-state index in [1.54, 1.807) is 0 Å². The van der Waals surface area contributed by atoms with Gasteiger partial charge in [0.25, 0.3) is 0 Å². The van der Waals surface area contributed by atoms with Crippen molar-refractivity contribution < 1.29 is 0 Å². The molecule has 14 rings (SSSR count). The molecule has 2 aromatic heterocycles. The van der Waals surface area contributed by atoms with Crippen LogP contribution in [0.1, 0.15) is 218 Å². The predicted octanol–water partition coefficient (Wildman–Crippen LogP) is 32.5. The average Bonchev–Trinajstić information content (AvgIpc) is 1.78. The minimum Gasteiger partial charge on any atom is -0.361 e. The first-order valence-corrected chi connectivity index (χ1v) is 40.9. The van der Waals surface area contributed by atoms with E-state index in [1.807, 2.05) is 17.4 Å². The summed E-state index contributed by atoms with van der Waals surface area (Å²) in [7, 11) is 0. The van der Waals surface area contributed by atoms with Crippen LogP contribution in [-0.4, -0.2) is 9.97 Å². The second kappa shape index (κ2) is 40.9. The van der Waals surface area contributed by atoms with Crippen molar-refractivity contribution in [1.29, 1.82) is 0 Å². The summed E-state index contributed by atoms with van der Waals surface area (Å²) in [5.41, 5.74) is 17.6. The van der Waals surface area contributed by atoms with Gasteiger partial charge in [-0.3, -0.25) is 0 Å². The predicted molar refractivity (Wildman–Crippen MR) is 498 cm³/mol. The second-order valence-corrected chi connectivity index (χ2v) is 40.3. The summed E-state index contributed by atoms with van der Waals surface area (Å²) < 4.78 is 1.30. The first-order valence-electron chi connectivity index (χ1n) is 40.1. The van der Waals surface area contributed by atoms with Crippen molar-refractivity contribution in [2.45, 2.75) is 223 Å². The van der Waals surface area contributed by atoms with Crippen molar-refractivity contribution in [3.63, 3.8) is 0 Å². The molecule has 0 saturated carbocycles. The van der Waals surface area contributed by atoms with Gasteiger partial charge in [-0.25, -0.2) is 4.98 Å². The van der Waals surface area contributed by atoms with E-state index >= 15 is 0 Å². The number of benzene rings is 12. The molecule has 14 aromatic rings. The van der Waals surface area contributed by atoms with Crippen LogP contribution in [0.4, 0.5) is 0 Å². The Bertz CT molecular complexity index is 4940. The fourth-order valence-corrected chi connectivity index (χ4v) is 14.4. The van der Waals surface area contributed by atoms with E-state index in [9.17, 15) is 0 Å². The van der Waals surface area contributed by atoms with Crippen LogP contribution in [0.25, 0.3) is 64.6 Å².